The summed E-state index contributed by atoms with van der Waals surface area (Å²) in [5, 5.41) is 3.56. The zero-order chi connectivity index (χ0) is 42.7. The Kier molecular flexibility index (Phi) is 8.33. The molecule has 0 bridgehead atoms. The SMILES string of the molecule is [2H]/C(=C(/[2H])c1ccc2c(c1)C(C)(C)c1cc3c(cc1-2)c(-c1ccccc1)c(-c1ccccc1)n3-c1ccccc1)c1ccc(N(c2ccccc2)c2ccc3ccccc3c2)cc1. The van der Waals surface area contributed by atoms with Gasteiger partial charge in [-0.25, -0.2) is 0 Å². The van der Waals surface area contributed by atoms with Gasteiger partial charge in [0.05, 0.1) is 14.0 Å². The molecule has 290 valence electrons. The highest BCUT2D eigenvalue weighted by atomic mass is 15.1. The van der Waals surface area contributed by atoms with Gasteiger partial charge in [-0.2, -0.15) is 0 Å². The van der Waals surface area contributed by atoms with Crippen LogP contribution in [0.25, 0.3) is 73.0 Å². The molecule has 0 N–H and O–H groups in total. The Morgan fingerprint density at radius 2 is 1.02 bits per heavy atom. The first kappa shape index (κ1) is 34.2. The van der Waals surface area contributed by atoms with Gasteiger partial charge < -0.3 is 9.47 Å². The summed E-state index contributed by atoms with van der Waals surface area (Å²) in [6.07, 6.45) is 0. The van der Waals surface area contributed by atoms with Gasteiger partial charge in [0.25, 0.3) is 0 Å². The number of benzene rings is 9. The van der Waals surface area contributed by atoms with Crippen molar-refractivity contribution in [2.75, 3.05) is 4.90 Å². The molecule has 2 nitrogen and oxygen atoms in total. The first-order valence-electron chi connectivity index (χ1n) is 22.0. The fourth-order valence-electron chi connectivity index (χ4n) is 9.38. The molecular formula is C59H44N2. The molecule has 0 radical (unpaired) electrons. The number of rotatable bonds is 8. The minimum absolute atomic E-state index is 0.190. The van der Waals surface area contributed by atoms with E-state index in [4.69, 9.17) is 0 Å². The number of hydrogen-bond donors (Lipinski definition) is 0. The van der Waals surface area contributed by atoms with E-state index < -0.39 is 0 Å². The Bertz CT molecular complexity index is 3350. The van der Waals surface area contributed by atoms with E-state index in [0.29, 0.717) is 5.56 Å². The maximum absolute atomic E-state index is 9.42. The molecule has 61 heavy (non-hydrogen) atoms. The normalized spacial score (nSPS) is 13.6. The maximum atomic E-state index is 9.42. The highest BCUT2D eigenvalue weighted by Gasteiger charge is 2.37. The van der Waals surface area contributed by atoms with Crippen LogP contribution in [0.1, 0.15) is 38.8 Å². The van der Waals surface area contributed by atoms with Crippen LogP contribution in [0.4, 0.5) is 17.1 Å². The van der Waals surface area contributed by atoms with Crippen LogP contribution in [-0.2, 0) is 5.41 Å². The van der Waals surface area contributed by atoms with Gasteiger partial charge in [-0.15, -0.1) is 0 Å². The number of fused-ring (bicyclic) bond motifs is 5. The van der Waals surface area contributed by atoms with E-state index in [1.807, 2.05) is 24.3 Å². The van der Waals surface area contributed by atoms with Gasteiger partial charge in [0.15, 0.2) is 0 Å². The first-order chi connectivity index (χ1) is 30.8. The van der Waals surface area contributed by atoms with Gasteiger partial charge in [-0.05, 0) is 116 Å². The molecule has 0 amide bonds. The number of hydrogen-bond acceptors (Lipinski definition) is 1. The molecule has 10 aromatic rings. The van der Waals surface area contributed by atoms with E-state index in [2.05, 4.69) is 217 Å². The molecule has 0 aliphatic heterocycles. The van der Waals surface area contributed by atoms with E-state index in [1.165, 1.54) is 55.2 Å². The molecule has 0 saturated heterocycles. The summed E-state index contributed by atoms with van der Waals surface area (Å²) in [5.74, 6) is 0. The second-order valence-electron chi connectivity index (χ2n) is 16.4. The highest BCUT2D eigenvalue weighted by Crippen LogP contribution is 2.53. The van der Waals surface area contributed by atoms with Crippen LogP contribution in [0.2, 0.25) is 0 Å². The summed E-state index contributed by atoms with van der Waals surface area (Å²) in [4.78, 5) is 2.24. The average Bonchev–Trinajstić information content (AvgIpc) is 3.79. The molecule has 1 aliphatic carbocycles. The van der Waals surface area contributed by atoms with Crippen LogP contribution in [0.15, 0.2) is 218 Å². The lowest BCUT2D eigenvalue weighted by Crippen LogP contribution is -2.15. The van der Waals surface area contributed by atoms with E-state index in [9.17, 15) is 2.74 Å². The van der Waals surface area contributed by atoms with E-state index in [-0.39, 0.29) is 17.5 Å². The molecule has 2 heteroatoms. The molecule has 1 aromatic heterocycles. The Labute approximate surface area is 360 Å². The summed E-state index contributed by atoms with van der Waals surface area (Å²) in [6.45, 7) is 4.59. The summed E-state index contributed by atoms with van der Waals surface area (Å²) in [6, 6.07) is 77.1. The van der Waals surface area contributed by atoms with Gasteiger partial charge in [-0.1, -0.05) is 184 Å². The second kappa shape index (κ2) is 14.9. The lowest BCUT2D eigenvalue weighted by Gasteiger charge is -2.26. The standard InChI is InChI=1S/C59H44N2/c1-59(2)54-37-42(28-27-41-29-33-49(34-30-41)60(47-23-11-5-12-24-47)50-35-32-43-17-15-16-22-46(43)38-50)31-36-51(54)52-39-53-56(40-55(52)59)61(48-25-13-6-14-26-48)58(45-20-9-4-10-21-45)57(53)44-18-7-3-8-19-44/h3-40H,1-2H3/b28-27+/i27D,28D. The zero-order valence-corrected chi connectivity index (χ0v) is 34.2. The van der Waals surface area contributed by atoms with Crippen molar-refractivity contribution in [1.82, 2.24) is 4.57 Å². The van der Waals surface area contributed by atoms with Crippen molar-refractivity contribution in [2.24, 2.45) is 0 Å². The Hall–Kier alpha value is -7.68. The third-order valence-corrected chi connectivity index (χ3v) is 12.4. The maximum Gasteiger partial charge on any atom is 0.0629 e. The Morgan fingerprint density at radius 1 is 0.459 bits per heavy atom. The van der Waals surface area contributed by atoms with Crippen LogP contribution in [0.3, 0.4) is 0 Å². The molecule has 9 aromatic carbocycles. The minimum Gasteiger partial charge on any atom is -0.310 e. The van der Waals surface area contributed by atoms with E-state index >= 15 is 0 Å². The largest absolute Gasteiger partial charge is 0.310 e. The molecule has 0 fully saturated rings. The molecule has 11 rings (SSSR count). The van der Waals surface area contributed by atoms with Gasteiger partial charge >= 0.3 is 0 Å². The van der Waals surface area contributed by atoms with Crippen molar-refractivity contribution >= 4 is 50.8 Å². The lowest BCUT2D eigenvalue weighted by molar-refractivity contribution is 0.661. The smallest absolute Gasteiger partial charge is 0.0629 e. The number of anilines is 3. The fraction of sp³-hybridized carbons (Fsp3) is 0.0508. The number of nitrogens with zero attached hydrogens (tertiary/aromatic N) is 2. The quantitative estimate of drug-likeness (QED) is 0.139. The van der Waals surface area contributed by atoms with Crippen LogP contribution in [0, 0.1) is 0 Å². The number of aromatic nitrogens is 1. The van der Waals surface area contributed by atoms with Crippen LogP contribution in [0.5, 0.6) is 0 Å². The van der Waals surface area contributed by atoms with Crippen molar-refractivity contribution < 1.29 is 2.74 Å². The summed E-state index contributed by atoms with van der Waals surface area (Å²) in [5.41, 5.74) is 15.9. The van der Waals surface area contributed by atoms with Crippen molar-refractivity contribution in [3.8, 4) is 39.2 Å². The molecule has 1 aliphatic rings. The topological polar surface area (TPSA) is 8.17 Å². The average molecular weight is 783 g/mol. The molecule has 0 saturated carbocycles. The Balaban J connectivity index is 1.00. The van der Waals surface area contributed by atoms with Gasteiger partial charge in [0, 0.05) is 39.1 Å². The molecule has 0 unspecified atom stereocenters. The molecular weight excluding hydrogens is 737 g/mol. The molecule has 1 heterocycles. The third kappa shape index (κ3) is 6.36. The van der Waals surface area contributed by atoms with Gasteiger partial charge in [-0.3, -0.25) is 0 Å². The second-order valence-corrected chi connectivity index (χ2v) is 16.4. The van der Waals surface area contributed by atoms with Crippen molar-refractivity contribution in [3.63, 3.8) is 0 Å². The van der Waals surface area contributed by atoms with Crippen molar-refractivity contribution in [3.05, 3.63) is 241 Å². The van der Waals surface area contributed by atoms with E-state index in [0.717, 1.165) is 39.4 Å². The van der Waals surface area contributed by atoms with Crippen molar-refractivity contribution in [2.45, 2.75) is 19.3 Å². The third-order valence-electron chi connectivity index (χ3n) is 12.4. The molecule has 0 spiro atoms. The first-order valence-corrected chi connectivity index (χ1v) is 21.0. The monoisotopic (exact) mass is 782 g/mol. The van der Waals surface area contributed by atoms with Crippen molar-refractivity contribution in [1.29, 1.82) is 0 Å². The highest BCUT2D eigenvalue weighted by molar-refractivity contribution is 6.08. The van der Waals surface area contributed by atoms with Gasteiger partial charge in [0.1, 0.15) is 0 Å². The minimum atomic E-state index is -0.353. The summed E-state index contributed by atoms with van der Waals surface area (Å²) < 4.78 is 21.2. The lowest BCUT2D eigenvalue weighted by atomic mass is 9.81. The van der Waals surface area contributed by atoms with Crippen LogP contribution >= 0.6 is 0 Å². The predicted molar refractivity (Wildman–Crippen MR) is 259 cm³/mol. The Morgan fingerprint density at radius 3 is 1.74 bits per heavy atom. The van der Waals surface area contributed by atoms with E-state index in [1.54, 1.807) is 0 Å². The molecule has 0 atom stereocenters. The van der Waals surface area contributed by atoms with Gasteiger partial charge in [0.2, 0.25) is 0 Å². The van der Waals surface area contributed by atoms with Crippen LogP contribution < -0.4 is 4.90 Å². The number of para-hydroxylation sites is 2. The summed E-state index contributed by atoms with van der Waals surface area (Å²) >= 11 is 0. The zero-order valence-electron chi connectivity index (χ0n) is 36.2. The predicted octanol–water partition coefficient (Wildman–Crippen LogP) is 16.1. The summed E-state index contributed by atoms with van der Waals surface area (Å²) in [7, 11) is 0. The van der Waals surface area contributed by atoms with Crippen LogP contribution in [-0.4, -0.2) is 4.57 Å². The fourth-order valence-corrected chi connectivity index (χ4v) is 9.38.